The Morgan fingerprint density at radius 1 is 1.10 bits per heavy atom. The molecule has 2 unspecified atom stereocenters. The maximum atomic E-state index is 5.34. The van der Waals surface area contributed by atoms with E-state index in [1.54, 1.807) is 7.11 Å². The van der Waals surface area contributed by atoms with E-state index in [2.05, 4.69) is 37.8 Å². The molecule has 0 radical (unpaired) electrons. The van der Waals surface area contributed by atoms with Crippen LogP contribution in [-0.2, 0) is 17.6 Å². The van der Waals surface area contributed by atoms with Gasteiger partial charge in [-0.15, -0.1) is 0 Å². The molecule has 1 aromatic rings. The lowest BCUT2D eigenvalue weighted by Crippen LogP contribution is -2.05. The molecule has 1 aromatic carbocycles. The Morgan fingerprint density at radius 2 is 1.81 bits per heavy atom. The maximum absolute atomic E-state index is 5.34. The van der Waals surface area contributed by atoms with E-state index in [0.717, 1.165) is 18.1 Å². The number of benzene rings is 1. The van der Waals surface area contributed by atoms with Crippen LogP contribution in [0.4, 0.5) is 0 Å². The van der Waals surface area contributed by atoms with Crippen molar-refractivity contribution in [2.24, 2.45) is 11.8 Å². The van der Waals surface area contributed by atoms with Gasteiger partial charge in [0.05, 0.1) is 12.9 Å². The quantitative estimate of drug-likeness (QED) is 0.493. The molecule has 0 saturated heterocycles. The Balaban J connectivity index is 1.79. The first kappa shape index (κ1) is 16.1. The van der Waals surface area contributed by atoms with E-state index in [4.69, 9.17) is 4.74 Å². The van der Waals surface area contributed by atoms with Crippen LogP contribution in [0.15, 0.2) is 36.6 Å². The predicted octanol–water partition coefficient (Wildman–Crippen LogP) is 5.54. The van der Waals surface area contributed by atoms with Gasteiger partial charge in [-0.25, -0.2) is 0 Å². The van der Waals surface area contributed by atoms with Gasteiger partial charge >= 0.3 is 0 Å². The van der Waals surface area contributed by atoms with Crippen molar-refractivity contribution in [2.75, 3.05) is 7.11 Å². The van der Waals surface area contributed by atoms with Crippen molar-refractivity contribution in [2.45, 2.75) is 58.3 Å². The molecule has 0 heterocycles. The van der Waals surface area contributed by atoms with E-state index >= 15 is 0 Å². The summed E-state index contributed by atoms with van der Waals surface area (Å²) in [6.45, 7) is 6.26. The number of ether oxygens (including phenoxy) is 1. The Bertz CT molecular complexity index is 432. The molecule has 1 saturated carbocycles. The van der Waals surface area contributed by atoms with Crippen LogP contribution in [0.25, 0.3) is 0 Å². The molecule has 0 amide bonds. The minimum absolute atomic E-state index is 0.587. The van der Waals surface area contributed by atoms with Crippen LogP contribution in [0.5, 0.6) is 0 Å². The first-order valence-corrected chi connectivity index (χ1v) is 8.53. The van der Waals surface area contributed by atoms with Crippen molar-refractivity contribution in [3.8, 4) is 0 Å². The van der Waals surface area contributed by atoms with Gasteiger partial charge in [0.25, 0.3) is 0 Å². The highest BCUT2D eigenvalue weighted by molar-refractivity contribution is 5.22. The van der Waals surface area contributed by atoms with E-state index < -0.39 is 0 Å². The Hall–Kier alpha value is -1.24. The number of aryl methyl sites for hydroxylation is 2. The molecule has 1 fully saturated rings. The predicted molar refractivity (Wildman–Crippen MR) is 90.4 cm³/mol. The summed E-state index contributed by atoms with van der Waals surface area (Å²) in [7, 11) is 1.75. The van der Waals surface area contributed by atoms with E-state index in [0.29, 0.717) is 5.92 Å². The molecular formula is C20H30O. The summed E-state index contributed by atoms with van der Waals surface area (Å²) >= 11 is 0. The molecule has 0 N–H and O–H groups in total. The molecule has 0 bridgehead atoms. The summed E-state index contributed by atoms with van der Waals surface area (Å²) in [4.78, 5) is 0. The Labute approximate surface area is 130 Å². The van der Waals surface area contributed by atoms with Gasteiger partial charge in [0.1, 0.15) is 0 Å². The van der Waals surface area contributed by atoms with E-state index in [1.807, 2.05) is 0 Å². The monoisotopic (exact) mass is 286 g/mol. The minimum Gasteiger partial charge on any atom is -0.501 e. The van der Waals surface area contributed by atoms with Gasteiger partial charge in [0, 0.05) is 5.92 Å². The van der Waals surface area contributed by atoms with Crippen LogP contribution < -0.4 is 0 Å². The van der Waals surface area contributed by atoms with E-state index in [1.165, 1.54) is 56.1 Å². The molecule has 0 aliphatic heterocycles. The standard InChI is InChI=1S/C20H30O/c1-4-17-8-10-19(11-9-17)13-12-18-6-5-7-20(15-14-18)16(2)21-3/h8-11,18,20H,2,4-7,12-15H2,1,3H3. The Morgan fingerprint density at radius 3 is 2.48 bits per heavy atom. The first-order chi connectivity index (χ1) is 10.2. The van der Waals surface area contributed by atoms with Gasteiger partial charge in [-0.1, -0.05) is 50.6 Å². The van der Waals surface area contributed by atoms with Gasteiger partial charge in [0.15, 0.2) is 0 Å². The largest absolute Gasteiger partial charge is 0.501 e. The number of rotatable bonds is 6. The average Bonchev–Trinajstić information content (AvgIpc) is 2.78. The maximum Gasteiger partial charge on any atom is 0.0914 e. The molecule has 1 aliphatic carbocycles. The summed E-state index contributed by atoms with van der Waals surface area (Å²) in [6, 6.07) is 9.18. The van der Waals surface area contributed by atoms with Crippen LogP contribution in [0.2, 0.25) is 0 Å². The average molecular weight is 286 g/mol. The third-order valence-corrected chi connectivity index (χ3v) is 5.08. The summed E-state index contributed by atoms with van der Waals surface area (Å²) in [5, 5.41) is 0. The number of hydrogen-bond donors (Lipinski definition) is 0. The van der Waals surface area contributed by atoms with Gasteiger partial charge in [-0.2, -0.15) is 0 Å². The topological polar surface area (TPSA) is 9.23 Å². The fourth-order valence-electron chi connectivity index (χ4n) is 3.47. The number of hydrogen-bond acceptors (Lipinski definition) is 1. The molecule has 116 valence electrons. The van der Waals surface area contributed by atoms with Crippen LogP contribution in [-0.4, -0.2) is 7.11 Å². The first-order valence-electron chi connectivity index (χ1n) is 8.53. The van der Waals surface area contributed by atoms with Crippen molar-refractivity contribution in [3.05, 3.63) is 47.7 Å². The van der Waals surface area contributed by atoms with Crippen molar-refractivity contribution < 1.29 is 4.74 Å². The lowest BCUT2D eigenvalue weighted by Gasteiger charge is -2.16. The molecule has 21 heavy (non-hydrogen) atoms. The van der Waals surface area contributed by atoms with Crippen LogP contribution in [0.3, 0.4) is 0 Å². The summed E-state index contributed by atoms with van der Waals surface area (Å²) in [6.07, 6.45) is 10.2. The smallest absolute Gasteiger partial charge is 0.0914 e. The highest BCUT2D eigenvalue weighted by Gasteiger charge is 2.21. The summed E-state index contributed by atoms with van der Waals surface area (Å²) in [5.41, 5.74) is 2.93. The summed E-state index contributed by atoms with van der Waals surface area (Å²) in [5.74, 6) is 2.46. The van der Waals surface area contributed by atoms with Crippen molar-refractivity contribution in [3.63, 3.8) is 0 Å². The van der Waals surface area contributed by atoms with Crippen LogP contribution in [0, 0.1) is 11.8 Å². The van der Waals surface area contributed by atoms with Gasteiger partial charge in [-0.3, -0.25) is 0 Å². The third-order valence-electron chi connectivity index (χ3n) is 5.08. The summed E-state index contributed by atoms with van der Waals surface area (Å²) < 4.78 is 5.34. The normalized spacial score (nSPS) is 22.6. The zero-order valence-corrected chi connectivity index (χ0v) is 13.7. The molecule has 1 aliphatic rings. The molecule has 0 spiro atoms. The molecular weight excluding hydrogens is 256 g/mol. The van der Waals surface area contributed by atoms with Gasteiger partial charge in [-0.05, 0) is 55.6 Å². The fourth-order valence-corrected chi connectivity index (χ4v) is 3.47. The van der Waals surface area contributed by atoms with E-state index in [-0.39, 0.29) is 0 Å². The Kier molecular flexibility index (Phi) is 6.35. The number of allylic oxidation sites excluding steroid dienone is 1. The zero-order chi connectivity index (χ0) is 15.1. The second-order valence-corrected chi connectivity index (χ2v) is 6.45. The second-order valence-electron chi connectivity index (χ2n) is 6.45. The van der Waals surface area contributed by atoms with Crippen molar-refractivity contribution in [1.82, 2.24) is 0 Å². The lowest BCUT2D eigenvalue weighted by molar-refractivity contribution is 0.231. The van der Waals surface area contributed by atoms with Crippen LogP contribution in [0.1, 0.15) is 56.6 Å². The van der Waals surface area contributed by atoms with E-state index in [9.17, 15) is 0 Å². The molecule has 0 aromatic heterocycles. The van der Waals surface area contributed by atoms with Gasteiger partial charge in [0.2, 0.25) is 0 Å². The lowest BCUT2D eigenvalue weighted by atomic mass is 9.92. The van der Waals surface area contributed by atoms with Crippen molar-refractivity contribution >= 4 is 0 Å². The fraction of sp³-hybridized carbons (Fsp3) is 0.600. The van der Waals surface area contributed by atoms with Crippen molar-refractivity contribution in [1.29, 1.82) is 0 Å². The van der Waals surface area contributed by atoms with Crippen LogP contribution >= 0.6 is 0 Å². The SMILES string of the molecule is C=C(OC)C1CCCC(CCc2ccc(CC)cc2)CC1. The molecule has 2 atom stereocenters. The second kappa shape index (κ2) is 8.26. The van der Waals surface area contributed by atoms with Gasteiger partial charge < -0.3 is 4.74 Å². The molecule has 2 rings (SSSR count). The highest BCUT2D eigenvalue weighted by Crippen LogP contribution is 2.33. The third kappa shape index (κ3) is 4.91. The zero-order valence-electron chi connectivity index (χ0n) is 13.7. The minimum atomic E-state index is 0.587. The molecule has 1 heteroatoms. The highest BCUT2D eigenvalue weighted by atomic mass is 16.5. The molecule has 1 nitrogen and oxygen atoms in total. The number of methoxy groups -OCH3 is 1.